The highest BCUT2D eigenvalue weighted by atomic mass is 32.2. The van der Waals surface area contributed by atoms with Crippen LogP contribution in [-0.4, -0.2) is 41.4 Å². The van der Waals surface area contributed by atoms with E-state index >= 15 is 0 Å². The van der Waals surface area contributed by atoms with Crippen molar-refractivity contribution in [1.29, 1.82) is 0 Å². The van der Waals surface area contributed by atoms with E-state index in [1.807, 2.05) is 12.1 Å². The van der Waals surface area contributed by atoms with E-state index in [4.69, 9.17) is 4.42 Å². The summed E-state index contributed by atoms with van der Waals surface area (Å²) in [5.41, 5.74) is 2.95. The van der Waals surface area contributed by atoms with Crippen molar-refractivity contribution in [3.63, 3.8) is 0 Å². The first kappa shape index (κ1) is 25.4. The van der Waals surface area contributed by atoms with Crippen LogP contribution in [0.3, 0.4) is 0 Å². The minimum absolute atomic E-state index is 0.0124. The van der Waals surface area contributed by atoms with Crippen molar-refractivity contribution in [3.05, 3.63) is 75.9 Å². The van der Waals surface area contributed by atoms with E-state index in [2.05, 4.69) is 49.6 Å². The van der Waals surface area contributed by atoms with Crippen molar-refractivity contribution in [2.24, 2.45) is 11.8 Å². The van der Waals surface area contributed by atoms with Gasteiger partial charge in [0.1, 0.15) is 22.9 Å². The number of nitrogens with one attached hydrogen (secondary N) is 2. The zero-order valence-electron chi connectivity index (χ0n) is 21.2. The summed E-state index contributed by atoms with van der Waals surface area (Å²) in [6, 6.07) is 9.95. The highest BCUT2D eigenvalue weighted by Crippen LogP contribution is 2.27. The minimum atomic E-state index is -2.11. The first-order valence-corrected chi connectivity index (χ1v) is 14.3. The van der Waals surface area contributed by atoms with E-state index in [9.17, 15) is 13.6 Å². The number of rotatable bonds is 8. The third-order valence-corrected chi connectivity index (χ3v) is 7.51. The summed E-state index contributed by atoms with van der Waals surface area (Å²) < 4.78 is 27.5. The van der Waals surface area contributed by atoms with Gasteiger partial charge in [-0.15, -0.1) is 0 Å². The molecule has 10 nitrogen and oxygen atoms in total. The summed E-state index contributed by atoms with van der Waals surface area (Å²) in [6.45, 7) is 2.16. The summed E-state index contributed by atoms with van der Waals surface area (Å²) in [6.07, 6.45) is 7.21. The van der Waals surface area contributed by atoms with Gasteiger partial charge in [0, 0.05) is 23.2 Å². The standard InChI is InChI=1S/C28H28N6O4S/c35-27-21(6-3-18-1-2-18)12-22-14-30-28(32-23-7-4-19(5-8-23)11-20-9-10-29-13-20)33-26(22)34(27)15-24-25(16-39(36)37)38-17-31-24/h4-5,7-8,12,14,17-18,20,29H,1-2,9-11,13,15-16H2,(H,36,37)(H,30,32,33). The second-order valence-electron chi connectivity index (χ2n) is 10.0. The van der Waals surface area contributed by atoms with Gasteiger partial charge in [-0.1, -0.05) is 24.0 Å². The van der Waals surface area contributed by atoms with E-state index in [-0.39, 0.29) is 23.6 Å². The Labute approximate surface area is 227 Å². The van der Waals surface area contributed by atoms with Crippen LogP contribution in [0.25, 0.3) is 11.0 Å². The Morgan fingerprint density at radius 1 is 1.21 bits per heavy atom. The molecule has 200 valence electrons. The molecule has 2 fully saturated rings. The van der Waals surface area contributed by atoms with Crippen LogP contribution in [0.5, 0.6) is 0 Å². The quantitative estimate of drug-likeness (QED) is 0.226. The van der Waals surface area contributed by atoms with Crippen molar-refractivity contribution in [1.82, 2.24) is 24.8 Å². The van der Waals surface area contributed by atoms with Crippen molar-refractivity contribution in [3.8, 4) is 11.8 Å². The molecular weight excluding hydrogens is 516 g/mol. The van der Waals surface area contributed by atoms with E-state index in [0.717, 1.165) is 38.0 Å². The summed E-state index contributed by atoms with van der Waals surface area (Å²) in [5, 5.41) is 7.30. The zero-order chi connectivity index (χ0) is 26.8. The van der Waals surface area contributed by atoms with Crippen molar-refractivity contribution in [2.75, 3.05) is 18.4 Å². The van der Waals surface area contributed by atoms with Gasteiger partial charge in [0.25, 0.3) is 5.56 Å². The molecule has 1 aromatic carbocycles. The van der Waals surface area contributed by atoms with E-state index in [0.29, 0.717) is 40.1 Å². The molecule has 0 spiro atoms. The third-order valence-electron chi connectivity index (χ3n) is 7.00. The number of hydrogen-bond donors (Lipinski definition) is 3. The van der Waals surface area contributed by atoms with Crippen LogP contribution in [-0.2, 0) is 29.8 Å². The molecular formula is C28H28N6O4S. The molecule has 2 atom stereocenters. The summed E-state index contributed by atoms with van der Waals surface area (Å²) >= 11 is -2.11. The smallest absolute Gasteiger partial charge is 0.268 e. The van der Waals surface area contributed by atoms with Gasteiger partial charge in [-0.3, -0.25) is 9.36 Å². The molecule has 1 saturated carbocycles. The molecule has 0 radical (unpaired) electrons. The molecule has 3 aromatic heterocycles. The molecule has 39 heavy (non-hydrogen) atoms. The van der Waals surface area contributed by atoms with Gasteiger partial charge in [-0.05, 0) is 68.5 Å². The van der Waals surface area contributed by atoms with E-state index in [1.54, 1.807) is 12.3 Å². The predicted molar refractivity (Wildman–Crippen MR) is 148 cm³/mol. The second-order valence-corrected chi connectivity index (χ2v) is 11.0. The molecule has 1 saturated heterocycles. The third kappa shape index (κ3) is 6.09. The molecule has 4 aromatic rings. The Morgan fingerprint density at radius 3 is 2.79 bits per heavy atom. The van der Waals surface area contributed by atoms with Crippen LogP contribution in [0.2, 0.25) is 0 Å². The van der Waals surface area contributed by atoms with Crippen LogP contribution in [0.15, 0.2) is 52.1 Å². The number of pyridine rings is 1. The lowest BCUT2D eigenvalue weighted by Crippen LogP contribution is -2.25. The van der Waals surface area contributed by atoms with Gasteiger partial charge in [0.15, 0.2) is 17.5 Å². The Hall–Kier alpha value is -3.85. The van der Waals surface area contributed by atoms with Gasteiger partial charge in [0.2, 0.25) is 5.95 Å². The van der Waals surface area contributed by atoms with Crippen LogP contribution in [0, 0.1) is 23.7 Å². The molecule has 11 heteroatoms. The molecule has 2 aliphatic rings. The lowest BCUT2D eigenvalue weighted by molar-refractivity contribution is 0.505. The molecule has 0 bridgehead atoms. The van der Waals surface area contributed by atoms with Crippen LogP contribution < -0.4 is 16.2 Å². The Bertz CT molecular complexity index is 1640. The largest absolute Gasteiger partial charge is 0.447 e. The lowest BCUT2D eigenvalue weighted by atomic mass is 9.99. The minimum Gasteiger partial charge on any atom is -0.447 e. The topological polar surface area (TPSA) is 135 Å². The fraction of sp³-hybridized carbons (Fsp3) is 0.357. The molecule has 1 aliphatic heterocycles. The van der Waals surface area contributed by atoms with Gasteiger partial charge >= 0.3 is 0 Å². The van der Waals surface area contributed by atoms with E-state index in [1.165, 1.54) is 22.9 Å². The Morgan fingerprint density at radius 2 is 2.05 bits per heavy atom. The summed E-state index contributed by atoms with van der Waals surface area (Å²) in [4.78, 5) is 26.9. The normalized spacial score (nSPS) is 17.6. The predicted octanol–water partition coefficient (Wildman–Crippen LogP) is 3.21. The maximum Gasteiger partial charge on any atom is 0.268 e. The number of hydrogen-bond acceptors (Lipinski definition) is 8. The molecule has 6 rings (SSSR count). The van der Waals surface area contributed by atoms with Crippen LogP contribution in [0.4, 0.5) is 11.6 Å². The average molecular weight is 545 g/mol. The van der Waals surface area contributed by atoms with Gasteiger partial charge in [-0.2, -0.15) is 4.98 Å². The van der Waals surface area contributed by atoms with Crippen LogP contribution in [0.1, 0.15) is 41.8 Å². The fourth-order valence-electron chi connectivity index (χ4n) is 4.74. The maximum absolute atomic E-state index is 13.5. The number of fused-ring (bicyclic) bond motifs is 1. The first-order chi connectivity index (χ1) is 19.0. The molecule has 1 aliphatic carbocycles. The number of aromatic nitrogens is 4. The highest BCUT2D eigenvalue weighted by molar-refractivity contribution is 7.78. The van der Waals surface area contributed by atoms with Crippen molar-refractivity contribution >= 4 is 33.7 Å². The Balaban J connectivity index is 1.32. The zero-order valence-corrected chi connectivity index (χ0v) is 22.0. The number of oxazole rings is 1. The second kappa shape index (κ2) is 11.1. The molecule has 2 unspecified atom stereocenters. The van der Waals surface area contributed by atoms with Gasteiger partial charge in [0.05, 0.1) is 12.1 Å². The van der Waals surface area contributed by atoms with Gasteiger partial charge < -0.3 is 19.6 Å². The highest BCUT2D eigenvalue weighted by Gasteiger charge is 2.20. The Kier molecular flexibility index (Phi) is 7.24. The van der Waals surface area contributed by atoms with Crippen molar-refractivity contribution in [2.45, 2.75) is 38.0 Å². The van der Waals surface area contributed by atoms with Crippen molar-refractivity contribution < 1.29 is 13.2 Å². The fourth-order valence-corrected chi connectivity index (χ4v) is 5.20. The van der Waals surface area contributed by atoms with Gasteiger partial charge in [-0.25, -0.2) is 14.2 Å². The monoisotopic (exact) mass is 544 g/mol. The average Bonchev–Trinajstić information content (AvgIpc) is 3.43. The number of benzene rings is 1. The van der Waals surface area contributed by atoms with Crippen LogP contribution >= 0.6 is 0 Å². The summed E-state index contributed by atoms with van der Waals surface area (Å²) in [5.74, 6) is 7.54. The molecule has 0 amide bonds. The molecule has 3 N–H and O–H groups in total. The lowest BCUT2D eigenvalue weighted by Gasteiger charge is -2.12. The molecule has 4 heterocycles. The summed E-state index contributed by atoms with van der Waals surface area (Å²) in [7, 11) is 0. The maximum atomic E-state index is 13.5. The number of nitrogens with zero attached hydrogens (tertiary/aromatic N) is 4. The van der Waals surface area contributed by atoms with E-state index < -0.39 is 11.1 Å². The number of anilines is 2. The first-order valence-electron chi connectivity index (χ1n) is 13.0. The SMILES string of the molecule is O=c1c(C#CC2CC2)cc2cnc(Nc3ccc(CC4CCNC4)cc3)nc2n1Cc1ncoc1CS(=O)O.